The Kier molecular flexibility index (Phi) is 7.07. The van der Waals surface area contributed by atoms with E-state index < -0.39 is 0 Å². The van der Waals surface area contributed by atoms with Gasteiger partial charge in [0, 0.05) is 37.2 Å². The molecule has 0 amide bonds. The molecule has 0 atom stereocenters. The van der Waals surface area contributed by atoms with Crippen molar-refractivity contribution >= 4 is 59.3 Å². The Balaban J connectivity index is 1.11. The first-order chi connectivity index (χ1) is 23.8. The number of thiophene rings is 1. The summed E-state index contributed by atoms with van der Waals surface area (Å²) in [5, 5.41) is 5.18. The van der Waals surface area contributed by atoms with Crippen LogP contribution < -0.4 is 4.90 Å². The highest BCUT2D eigenvalue weighted by Crippen LogP contribution is 2.42. The molecule has 9 rings (SSSR count). The van der Waals surface area contributed by atoms with Crippen molar-refractivity contribution in [2.24, 2.45) is 0 Å². The van der Waals surface area contributed by atoms with Gasteiger partial charge in [0.05, 0.1) is 0 Å². The molecule has 0 aliphatic carbocycles. The van der Waals surface area contributed by atoms with Crippen LogP contribution in [0.3, 0.4) is 0 Å². The molecule has 0 fully saturated rings. The number of hydrogen-bond donors (Lipinski definition) is 0. The molecule has 0 aliphatic rings. The topological polar surface area (TPSA) is 3.24 Å². The van der Waals surface area contributed by atoms with Crippen molar-refractivity contribution < 1.29 is 0 Å². The minimum atomic E-state index is 1.12. The minimum absolute atomic E-state index is 1.12. The third-order valence-corrected chi connectivity index (χ3v) is 10.5. The summed E-state index contributed by atoms with van der Waals surface area (Å²) >= 11 is 1.88. The normalized spacial score (nSPS) is 11.3. The molecule has 2 heteroatoms. The molecule has 9 aromatic rings. The summed E-state index contributed by atoms with van der Waals surface area (Å²) in [6, 6.07) is 68.0. The van der Waals surface area contributed by atoms with Crippen molar-refractivity contribution in [3.63, 3.8) is 0 Å². The molecule has 0 aliphatic heterocycles. The van der Waals surface area contributed by atoms with Gasteiger partial charge in [-0.1, -0.05) is 140 Å². The zero-order valence-corrected chi connectivity index (χ0v) is 27.1. The van der Waals surface area contributed by atoms with Crippen LogP contribution in [0.25, 0.3) is 64.3 Å². The lowest BCUT2D eigenvalue weighted by molar-refractivity contribution is 1.28. The van der Waals surface area contributed by atoms with E-state index in [9.17, 15) is 0 Å². The van der Waals surface area contributed by atoms with E-state index in [4.69, 9.17) is 0 Å². The first-order valence-corrected chi connectivity index (χ1v) is 17.2. The van der Waals surface area contributed by atoms with Crippen LogP contribution in [-0.4, -0.2) is 0 Å². The number of hydrogen-bond acceptors (Lipinski definition) is 2. The third-order valence-electron chi connectivity index (χ3n) is 9.26. The molecule has 1 heterocycles. The third kappa shape index (κ3) is 5.04. The van der Waals surface area contributed by atoms with E-state index in [1.54, 1.807) is 0 Å². The van der Waals surface area contributed by atoms with Crippen molar-refractivity contribution in [1.82, 2.24) is 0 Å². The highest BCUT2D eigenvalue weighted by Gasteiger charge is 2.15. The Hall–Kier alpha value is -5.96. The molecular formula is C46H31NS. The SMILES string of the molecule is c1ccc(N(c2ccc(-c3cccc4c3sc3ccccc34)cc2)c2cccc(-c3cccc(-c4cccc5ccccc45)c3)c2)cc1. The van der Waals surface area contributed by atoms with Gasteiger partial charge in [0.25, 0.3) is 0 Å². The first kappa shape index (κ1) is 28.3. The maximum Gasteiger partial charge on any atom is 0.0467 e. The second kappa shape index (κ2) is 12.0. The smallest absolute Gasteiger partial charge is 0.0467 e. The average molecular weight is 630 g/mol. The van der Waals surface area contributed by atoms with Crippen LogP contribution in [0.4, 0.5) is 17.1 Å². The maximum atomic E-state index is 2.35. The van der Waals surface area contributed by atoms with Gasteiger partial charge in [0.2, 0.25) is 0 Å². The zero-order chi connectivity index (χ0) is 31.9. The molecule has 0 N–H and O–H groups in total. The molecular weight excluding hydrogens is 599 g/mol. The van der Waals surface area contributed by atoms with Crippen molar-refractivity contribution in [2.75, 3.05) is 4.90 Å². The number of para-hydroxylation sites is 1. The minimum Gasteiger partial charge on any atom is -0.310 e. The van der Waals surface area contributed by atoms with E-state index in [0.717, 1.165) is 17.1 Å². The van der Waals surface area contributed by atoms with Gasteiger partial charge in [0.1, 0.15) is 0 Å². The van der Waals surface area contributed by atoms with Crippen molar-refractivity contribution in [1.29, 1.82) is 0 Å². The fraction of sp³-hybridized carbons (Fsp3) is 0. The van der Waals surface area contributed by atoms with Crippen LogP contribution in [0.2, 0.25) is 0 Å². The summed E-state index contributed by atoms with van der Waals surface area (Å²) in [7, 11) is 0. The molecule has 0 bridgehead atoms. The van der Waals surface area contributed by atoms with Gasteiger partial charge in [0.15, 0.2) is 0 Å². The monoisotopic (exact) mass is 629 g/mol. The number of fused-ring (bicyclic) bond motifs is 4. The first-order valence-electron chi connectivity index (χ1n) is 16.3. The number of rotatable bonds is 6. The predicted octanol–water partition coefficient (Wildman–Crippen LogP) is 13.7. The fourth-order valence-corrected chi connectivity index (χ4v) is 8.20. The van der Waals surface area contributed by atoms with Crippen molar-refractivity contribution in [3.05, 3.63) is 188 Å². The molecule has 1 aromatic heterocycles. The van der Waals surface area contributed by atoms with Crippen molar-refractivity contribution in [3.8, 4) is 33.4 Å². The van der Waals surface area contributed by atoms with Gasteiger partial charge in [-0.15, -0.1) is 11.3 Å². The Morgan fingerprint density at radius 2 is 0.917 bits per heavy atom. The summed E-state index contributed by atoms with van der Waals surface area (Å²) in [4.78, 5) is 2.35. The summed E-state index contributed by atoms with van der Waals surface area (Å²) in [6.07, 6.45) is 0. The summed E-state index contributed by atoms with van der Waals surface area (Å²) in [5.41, 5.74) is 10.7. The molecule has 1 nitrogen and oxygen atoms in total. The summed E-state index contributed by atoms with van der Waals surface area (Å²) < 4.78 is 2.67. The second-order valence-corrected chi connectivity index (χ2v) is 13.2. The highest BCUT2D eigenvalue weighted by atomic mass is 32.1. The van der Waals surface area contributed by atoms with Gasteiger partial charge in [-0.2, -0.15) is 0 Å². The van der Waals surface area contributed by atoms with Gasteiger partial charge in [-0.05, 0) is 92.7 Å². The maximum absolute atomic E-state index is 2.35. The lowest BCUT2D eigenvalue weighted by atomic mass is 9.95. The van der Waals surface area contributed by atoms with E-state index >= 15 is 0 Å². The molecule has 0 unspecified atom stereocenters. The Morgan fingerprint density at radius 3 is 1.79 bits per heavy atom. The largest absolute Gasteiger partial charge is 0.310 e. The van der Waals surface area contributed by atoms with E-state index in [1.807, 2.05) is 11.3 Å². The van der Waals surface area contributed by atoms with E-state index in [0.29, 0.717) is 0 Å². The van der Waals surface area contributed by atoms with Crippen LogP contribution >= 0.6 is 11.3 Å². The Morgan fingerprint density at radius 1 is 0.333 bits per heavy atom. The highest BCUT2D eigenvalue weighted by molar-refractivity contribution is 7.26. The molecule has 48 heavy (non-hydrogen) atoms. The lowest BCUT2D eigenvalue weighted by Gasteiger charge is -2.26. The average Bonchev–Trinajstić information content (AvgIpc) is 3.55. The number of benzene rings is 8. The lowest BCUT2D eigenvalue weighted by Crippen LogP contribution is -2.09. The summed E-state index contributed by atoms with van der Waals surface area (Å²) in [6.45, 7) is 0. The second-order valence-electron chi connectivity index (χ2n) is 12.2. The molecule has 0 saturated carbocycles. The van der Waals surface area contributed by atoms with Gasteiger partial charge in [-0.3, -0.25) is 0 Å². The molecule has 226 valence electrons. The molecule has 8 aromatic carbocycles. The fourth-order valence-electron chi connectivity index (χ4n) is 6.96. The van der Waals surface area contributed by atoms with Crippen molar-refractivity contribution in [2.45, 2.75) is 0 Å². The molecule has 0 saturated heterocycles. The van der Waals surface area contributed by atoms with E-state index in [1.165, 1.54) is 64.3 Å². The molecule has 0 spiro atoms. The quantitative estimate of drug-likeness (QED) is 0.177. The standard InChI is InChI=1S/C46H31NS/c1-2-17-37(18-3-1)47(38-28-26-33(27-29-38)42-23-11-24-44-43-21-6-7-25-45(43)48-46(42)44)39-19-9-15-35(31-39)34-14-8-16-36(30-34)41-22-10-13-32-12-4-5-20-40(32)41/h1-31H. The van der Waals surface area contributed by atoms with Crippen LogP contribution in [0, 0.1) is 0 Å². The number of nitrogens with zero attached hydrogens (tertiary/aromatic N) is 1. The Labute approximate surface area is 284 Å². The van der Waals surface area contributed by atoms with Crippen LogP contribution in [0.1, 0.15) is 0 Å². The van der Waals surface area contributed by atoms with E-state index in [2.05, 4.69) is 193 Å². The summed E-state index contributed by atoms with van der Waals surface area (Å²) in [5.74, 6) is 0. The van der Waals surface area contributed by atoms with Crippen LogP contribution in [0.5, 0.6) is 0 Å². The van der Waals surface area contributed by atoms with Gasteiger partial charge in [-0.25, -0.2) is 0 Å². The van der Waals surface area contributed by atoms with Gasteiger partial charge < -0.3 is 4.90 Å². The van der Waals surface area contributed by atoms with Crippen LogP contribution in [0.15, 0.2) is 188 Å². The Bertz CT molecular complexity index is 2560. The number of anilines is 3. The molecule has 0 radical (unpaired) electrons. The predicted molar refractivity (Wildman–Crippen MR) is 208 cm³/mol. The van der Waals surface area contributed by atoms with E-state index in [-0.39, 0.29) is 0 Å². The van der Waals surface area contributed by atoms with Crippen LogP contribution in [-0.2, 0) is 0 Å². The zero-order valence-electron chi connectivity index (χ0n) is 26.3. The van der Waals surface area contributed by atoms with Gasteiger partial charge >= 0.3 is 0 Å².